The molecule has 0 spiro atoms. The van der Waals surface area contributed by atoms with E-state index in [4.69, 9.17) is 0 Å². The molecule has 0 saturated heterocycles. The van der Waals surface area contributed by atoms with E-state index < -0.39 is 0 Å². The van der Waals surface area contributed by atoms with Crippen molar-refractivity contribution in [2.45, 2.75) is 48.5 Å². The van der Waals surface area contributed by atoms with E-state index in [1.54, 1.807) is 0 Å². The van der Waals surface area contributed by atoms with Gasteiger partial charge >= 0.3 is 0 Å². The van der Waals surface area contributed by atoms with E-state index in [0.29, 0.717) is 0 Å². The summed E-state index contributed by atoms with van der Waals surface area (Å²) in [6.45, 7) is 15.5. The summed E-state index contributed by atoms with van der Waals surface area (Å²) in [5.74, 6) is 0. The molecule has 0 atom stereocenters. The fourth-order valence-corrected chi connectivity index (χ4v) is 5.88. The quantitative estimate of drug-likeness (QED) is 0.234. The van der Waals surface area contributed by atoms with Gasteiger partial charge in [-0.1, -0.05) is 42.5 Å². The summed E-state index contributed by atoms with van der Waals surface area (Å²) in [6.07, 6.45) is 0. The Bertz CT molecular complexity index is 1730. The standard InChI is InChI=1S/C35H33N/c1-20-8-10-27(17-22(20)3)36(28-11-9-21(2)23(4)18-28)33-19-26(7)31-13-12-29-24(5)16-25(6)30-14-15-32(33)35(31)34(29)30/h8-19H,1-7H3. The van der Waals surface area contributed by atoms with E-state index >= 15 is 0 Å². The lowest BCUT2D eigenvalue weighted by molar-refractivity contribution is 1.24. The van der Waals surface area contributed by atoms with Crippen LogP contribution in [-0.2, 0) is 0 Å². The topological polar surface area (TPSA) is 3.24 Å². The molecule has 1 heteroatoms. The van der Waals surface area contributed by atoms with Crippen molar-refractivity contribution >= 4 is 49.4 Å². The molecular formula is C35H33N. The van der Waals surface area contributed by atoms with Gasteiger partial charge in [0.1, 0.15) is 0 Å². The van der Waals surface area contributed by atoms with Gasteiger partial charge in [0, 0.05) is 16.8 Å². The summed E-state index contributed by atoms with van der Waals surface area (Å²) in [5, 5.41) is 8.13. The molecule has 178 valence electrons. The molecule has 0 aromatic heterocycles. The molecule has 0 unspecified atom stereocenters. The molecule has 0 aliphatic carbocycles. The molecule has 1 nitrogen and oxygen atoms in total. The third kappa shape index (κ3) is 3.30. The van der Waals surface area contributed by atoms with Crippen LogP contribution in [0, 0.1) is 48.5 Å². The Hall–Kier alpha value is -3.84. The smallest absolute Gasteiger partial charge is 0.0543 e. The van der Waals surface area contributed by atoms with Crippen molar-refractivity contribution in [3.63, 3.8) is 0 Å². The van der Waals surface area contributed by atoms with Crippen LogP contribution >= 0.6 is 0 Å². The van der Waals surface area contributed by atoms with Crippen LogP contribution in [0.2, 0.25) is 0 Å². The van der Waals surface area contributed by atoms with Gasteiger partial charge in [-0.3, -0.25) is 0 Å². The first-order valence-electron chi connectivity index (χ1n) is 12.9. The van der Waals surface area contributed by atoms with Gasteiger partial charge in [-0.2, -0.15) is 0 Å². The number of hydrogen-bond donors (Lipinski definition) is 0. The highest BCUT2D eigenvalue weighted by molar-refractivity contribution is 6.27. The third-order valence-corrected chi connectivity index (χ3v) is 8.24. The van der Waals surface area contributed by atoms with E-state index in [0.717, 1.165) is 0 Å². The first kappa shape index (κ1) is 22.6. The molecule has 0 radical (unpaired) electrons. The minimum absolute atomic E-state index is 1.20. The van der Waals surface area contributed by atoms with E-state index in [1.807, 2.05) is 0 Å². The number of hydrogen-bond acceptors (Lipinski definition) is 1. The fraction of sp³-hybridized carbons (Fsp3) is 0.200. The number of nitrogens with zero attached hydrogens (tertiary/aromatic N) is 1. The SMILES string of the molecule is Cc1ccc(N(c2ccc(C)c(C)c2)c2cc(C)c3ccc4c(C)cc(C)c5ccc2c3c45)cc1C. The second-order valence-electron chi connectivity index (χ2n) is 10.7. The molecule has 6 aromatic rings. The number of aryl methyl sites for hydroxylation is 7. The number of rotatable bonds is 3. The number of benzene rings is 6. The lowest BCUT2D eigenvalue weighted by atomic mass is 9.87. The van der Waals surface area contributed by atoms with Crippen LogP contribution in [0.25, 0.3) is 32.3 Å². The molecule has 6 aromatic carbocycles. The fourth-order valence-electron chi connectivity index (χ4n) is 5.88. The third-order valence-electron chi connectivity index (χ3n) is 8.24. The lowest BCUT2D eigenvalue weighted by Gasteiger charge is -2.29. The molecule has 0 N–H and O–H groups in total. The van der Waals surface area contributed by atoms with E-state index in [9.17, 15) is 0 Å². The van der Waals surface area contributed by atoms with Gasteiger partial charge in [-0.15, -0.1) is 0 Å². The Morgan fingerprint density at radius 3 is 1.25 bits per heavy atom. The largest absolute Gasteiger partial charge is 0.310 e. The summed E-state index contributed by atoms with van der Waals surface area (Å²) in [7, 11) is 0. The molecule has 0 bridgehead atoms. The maximum atomic E-state index is 2.46. The van der Waals surface area contributed by atoms with Crippen molar-refractivity contribution in [3.05, 3.63) is 112 Å². The second kappa shape index (κ2) is 8.10. The molecule has 36 heavy (non-hydrogen) atoms. The van der Waals surface area contributed by atoms with Crippen LogP contribution < -0.4 is 4.90 Å². The molecular weight excluding hydrogens is 434 g/mol. The van der Waals surface area contributed by atoms with E-state index in [2.05, 4.69) is 126 Å². The lowest BCUT2D eigenvalue weighted by Crippen LogP contribution is -2.12. The van der Waals surface area contributed by atoms with Crippen LogP contribution in [0.15, 0.2) is 72.8 Å². The van der Waals surface area contributed by atoms with Crippen molar-refractivity contribution in [2.24, 2.45) is 0 Å². The Labute approximate surface area is 214 Å². The first-order valence-corrected chi connectivity index (χ1v) is 12.9. The van der Waals surface area contributed by atoms with Crippen molar-refractivity contribution < 1.29 is 0 Å². The van der Waals surface area contributed by atoms with Crippen LogP contribution in [0.5, 0.6) is 0 Å². The summed E-state index contributed by atoms with van der Waals surface area (Å²) in [4.78, 5) is 2.46. The van der Waals surface area contributed by atoms with Gasteiger partial charge < -0.3 is 4.90 Å². The van der Waals surface area contributed by atoms with Crippen molar-refractivity contribution in [3.8, 4) is 0 Å². The zero-order chi connectivity index (χ0) is 25.3. The minimum Gasteiger partial charge on any atom is -0.310 e. The van der Waals surface area contributed by atoms with Gasteiger partial charge in [-0.25, -0.2) is 0 Å². The predicted octanol–water partition coefficient (Wildman–Crippen LogP) is 10.2. The maximum Gasteiger partial charge on any atom is 0.0543 e. The van der Waals surface area contributed by atoms with Crippen molar-refractivity contribution in [2.75, 3.05) is 4.90 Å². The monoisotopic (exact) mass is 467 g/mol. The van der Waals surface area contributed by atoms with Gasteiger partial charge in [0.25, 0.3) is 0 Å². The highest BCUT2D eigenvalue weighted by Crippen LogP contribution is 2.46. The average molecular weight is 468 g/mol. The molecule has 0 aliphatic heterocycles. The molecule has 0 amide bonds. The molecule has 0 fully saturated rings. The zero-order valence-corrected chi connectivity index (χ0v) is 22.4. The highest BCUT2D eigenvalue weighted by atomic mass is 15.1. The Kier molecular flexibility index (Phi) is 5.09. The molecule has 0 aliphatic rings. The summed E-state index contributed by atoms with van der Waals surface area (Å²) in [5.41, 5.74) is 12.9. The van der Waals surface area contributed by atoms with E-state index in [1.165, 1.54) is 88.3 Å². The van der Waals surface area contributed by atoms with Crippen LogP contribution in [0.4, 0.5) is 17.1 Å². The van der Waals surface area contributed by atoms with Crippen LogP contribution in [0.1, 0.15) is 38.9 Å². The summed E-state index contributed by atoms with van der Waals surface area (Å²) in [6, 6.07) is 27.7. The maximum absolute atomic E-state index is 2.46. The molecule has 0 heterocycles. The summed E-state index contributed by atoms with van der Waals surface area (Å²) >= 11 is 0. The highest BCUT2D eigenvalue weighted by Gasteiger charge is 2.21. The predicted molar refractivity (Wildman–Crippen MR) is 158 cm³/mol. The second-order valence-corrected chi connectivity index (χ2v) is 10.7. The van der Waals surface area contributed by atoms with Crippen LogP contribution in [0.3, 0.4) is 0 Å². The first-order chi connectivity index (χ1) is 17.2. The molecule has 0 saturated carbocycles. The van der Waals surface area contributed by atoms with E-state index in [-0.39, 0.29) is 0 Å². The van der Waals surface area contributed by atoms with Gasteiger partial charge in [0.05, 0.1) is 5.69 Å². The number of anilines is 3. The van der Waals surface area contributed by atoms with Crippen molar-refractivity contribution in [1.29, 1.82) is 0 Å². The minimum atomic E-state index is 1.20. The molecule has 6 rings (SSSR count). The van der Waals surface area contributed by atoms with Crippen LogP contribution in [-0.4, -0.2) is 0 Å². The summed E-state index contributed by atoms with van der Waals surface area (Å²) < 4.78 is 0. The Morgan fingerprint density at radius 1 is 0.361 bits per heavy atom. The van der Waals surface area contributed by atoms with Gasteiger partial charge in [0.15, 0.2) is 0 Å². The average Bonchev–Trinajstić information content (AvgIpc) is 2.85. The van der Waals surface area contributed by atoms with Crippen molar-refractivity contribution in [1.82, 2.24) is 0 Å². The van der Waals surface area contributed by atoms with Gasteiger partial charge in [-0.05, 0) is 145 Å². The zero-order valence-electron chi connectivity index (χ0n) is 22.4. The normalized spacial score (nSPS) is 11.8. The van der Waals surface area contributed by atoms with Gasteiger partial charge in [0.2, 0.25) is 0 Å². The Balaban J connectivity index is 1.76. The Morgan fingerprint density at radius 2 is 0.778 bits per heavy atom.